The molecule has 0 aliphatic carbocycles. The Labute approximate surface area is 296 Å². The van der Waals surface area contributed by atoms with Gasteiger partial charge in [-0.2, -0.15) is 0 Å². The van der Waals surface area contributed by atoms with Gasteiger partial charge in [0, 0.05) is 47.6 Å². The topological polar surface area (TPSA) is 43.9 Å². The van der Waals surface area contributed by atoms with Gasteiger partial charge in [0.15, 0.2) is 5.58 Å². The molecule has 0 saturated heterocycles. The van der Waals surface area contributed by atoms with Gasteiger partial charge in [-0.05, 0) is 64.7 Å². The average molecular weight is 670 g/mol. The molecule has 0 atom stereocenters. The van der Waals surface area contributed by atoms with Crippen LogP contribution in [0.2, 0.25) is 0 Å². The first-order valence-electron chi connectivity index (χ1n) is 17.1. The van der Waals surface area contributed by atoms with Gasteiger partial charge in [0.25, 0.3) is 0 Å². The zero-order chi connectivity index (χ0) is 33.5. The molecule has 0 amide bonds. The molecule has 0 aliphatic heterocycles. The normalized spacial score (nSPS) is 11.9. The maximum Gasteiger partial charge on any atom is 0.180 e. The van der Waals surface area contributed by atoms with E-state index in [1.807, 2.05) is 23.5 Å². The van der Waals surface area contributed by atoms with Crippen LogP contribution < -0.4 is 0 Å². The molecule has 0 fully saturated rings. The van der Waals surface area contributed by atoms with Gasteiger partial charge in [-0.15, -0.1) is 11.3 Å². The quantitative estimate of drug-likeness (QED) is 0.187. The van der Waals surface area contributed by atoms with Crippen molar-refractivity contribution in [2.75, 3.05) is 0 Å². The third kappa shape index (κ3) is 4.32. The molecule has 4 heterocycles. The van der Waals surface area contributed by atoms with E-state index in [0.29, 0.717) is 5.58 Å². The lowest BCUT2D eigenvalue weighted by Gasteiger charge is -2.10. The number of benzene rings is 7. The summed E-state index contributed by atoms with van der Waals surface area (Å²) in [4.78, 5) is 9.53. The van der Waals surface area contributed by atoms with E-state index in [0.717, 1.165) is 44.6 Å². The lowest BCUT2D eigenvalue weighted by atomic mass is 9.99. The smallest absolute Gasteiger partial charge is 0.180 e. The largest absolute Gasteiger partial charge is 0.452 e. The van der Waals surface area contributed by atoms with Gasteiger partial charge >= 0.3 is 0 Å². The maximum atomic E-state index is 6.52. The third-order valence-electron chi connectivity index (χ3n) is 10.1. The summed E-state index contributed by atoms with van der Waals surface area (Å²) >= 11 is 1.87. The van der Waals surface area contributed by atoms with Gasteiger partial charge in [-0.1, -0.05) is 115 Å². The van der Waals surface area contributed by atoms with Crippen molar-refractivity contribution in [2.45, 2.75) is 0 Å². The highest BCUT2D eigenvalue weighted by Crippen LogP contribution is 2.44. The van der Waals surface area contributed by atoms with E-state index in [2.05, 4.69) is 150 Å². The fourth-order valence-electron chi connectivity index (χ4n) is 7.75. The second-order valence-corrected chi connectivity index (χ2v) is 14.0. The number of furan rings is 1. The summed E-state index contributed by atoms with van der Waals surface area (Å²) < 4.78 is 11.5. The van der Waals surface area contributed by atoms with Gasteiger partial charge in [0.1, 0.15) is 23.1 Å². The van der Waals surface area contributed by atoms with Crippen molar-refractivity contribution in [1.29, 1.82) is 0 Å². The van der Waals surface area contributed by atoms with Crippen LogP contribution in [0.4, 0.5) is 0 Å². The Hall–Kier alpha value is -6.56. The minimum absolute atomic E-state index is 0.690. The van der Waals surface area contributed by atoms with Crippen LogP contribution in [-0.4, -0.2) is 14.5 Å². The van der Waals surface area contributed by atoms with Crippen LogP contribution in [0.5, 0.6) is 0 Å². The second-order valence-electron chi connectivity index (χ2n) is 13.0. The fraction of sp³-hybridized carbons (Fsp3) is 0. The molecule has 11 aromatic rings. The number of fused-ring (bicyclic) bond motifs is 10. The number of hydrogen-bond donors (Lipinski definition) is 0. The first-order valence-corrected chi connectivity index (χ1v) is 17.9. The van der Waals surface area contributed by atoms with Gasteiger partial charge in [0.05, 0.1) is 11.0 Å². The number of hydrogen-bond acceptors (Lipinski definition) is 4. The summed E-state index contributed by atoms with van der Waals surface area (Å²) in [5.41, 5.74) is 12.2. The van der Waals surface area contributed by atoms with Crippen molar-refractivity contribution in [1.82, 2.24) is 14.5 Å². The summed E-state index contributed by atoms with van der Waals surface area (Å²) in [5, 5.41) is 6.14. The van der Waals surface area contributed by atoms with E-state index in [4.69, 9.17) is 14.4 Å². The van der Waals surface area contributed by atoms with Gasteiger partial charge in [0.2, 0.25) is 0 Å². The number of nitrogens with zero attached hydrogens (tertiary/aromatic N) is 3. The van der Waals surface area contributed by atoms with Crippen molar-refractivity contribution < 1.29 is 4.42 Å². The van der Waals surface area contributed by atoms with Crippen LogP contribution in [0.15, 0.2) is 168 Å². The Morgan fingerprint density at radius 3 is 2.10 bits per heavy atom. The van der Waals surface area contributed by atoms with Crippen LogP contribution in [0.1, 0.15) is 0 Å². The van der Waals surface area contributed by atoms with E-state index in [9.17, 15) is 0 Å². The molecule has 5 heteroatoms. The highest BCUT2D eigenvalue weighted by atomic mass is 32.1. The minimum Gasteiger partial charge on any atom is -0.452 e. The first kappa shape index (κ1) is 28.3. The average Bonchev–Trinajstić information content (AvgIpc) is 3.87. The zero-order valence-corrected chi connectivity index (χ0v) is 28.1. The molecule has 0 radical (unpaired) electrons. The maximum absolute atomic E-state index is 6.52. The van der Waals surface area contributed by atoms with E-state index in [1.165, 1.54) is 53.1 Å². The predicted octanol–water partition coefficient (Wildman–Crippen LogP) is 12.8. The van der Waals surface area contributed by atoms with Crippen molar-refractivity contribution in [3.05, 3.63) is 164 Å². The second kappa shape index (κ2) is 11.0. The Kier molecular flexibility index (Phi) is 6.09. The van der Waals surface area contributed by atoms with E-state index < -0.39 is 0 Å². The molecular weight excluding hydrogens is 643 g/mol. The molecule has 4 aromatic heterocycles. The molecule has 51 heavy (non-hydrogen) atoms. The van der Waals surface area contributed by atoms with Crippen LogP contribution in [0.3, 0.4) is 0 Å². The van der Waals surface area contributed by atoms with Crippen molar-refractivity contribution in [3.63, 3.8) is 0 Å². The highest BCUT2D eigenvalue weighted by molar-refractivity contribution is 7.26. The molecule has 11 rings (SSSR count). The summed E-state index contributed by atoms with van der Waals surface area (Å²) in [6.07, 6.45) is 1.65. The van der Waals surface area contributed by atoms with Crippen LogP contribution in [0.25, 0.3) is 103 Å². The molecule has 0 bridgehead atoms. The van der Waals surface area contributed by atoms with E-state index in [1.54, 1.807) is 6.33 Å². The predicted molar refractivity (Wildman–Crippen MR) is 213 cm³/mol. The summed E-state index contributed by atoms with van der Waals surface area (Å²) in [6, 6.07) is 56.1. The highest BCUT2D eigenvalue weighted by Gasteiger charge is 2.19. The number of para-hydroxylation sites is 1. The number of rotatable bonds is 4. The van der Waals surface area contributed by atoms with Crippen LogP contribution in [0, 0.1) is 0 Å². The minimum atomic E-state index is 0.690. The molecule has 0 saturated carbocycles. The van der Waals surface area contributed by atoms with Gasteiger partial charge in [-0.3, -0.25) is 0 Å². The van der Waals surface area contributed by atoms with Crippen LogP contribution in [-0.2, 0) is 0 Å². The number of thiophene rings is 1. The van der Waals surface area contributed by atoms with Crippen molar-refractivity contribution >= 4 is 75.4 Å². The Bertz CT molecular complexity index is 3130. The molecule has 7 aromatic carbocycles. The lowest BCUT2D eigenvalue weighted by Crippen LogP contribution is -1.95. The van der Waals surface area contributed by atoms with Gasteiger partial charge < -0.3 is 8.98 Å². The number of aromatic nitrogens is 3. The Balaban J connectivity index is 1.04. The Morgan fingerprint density at radius 1 is 0.490 bits per heavy atom. The summed E-state index contributed by atoms with van der Waals surface area (Å²) in [7, 11) is 0. The SMILES string of the molecule is c1ccc(-c2ccc(-c3ccc4oc5c(-c6cccc(-n7c8ccccc8c8c9sc%10ccccc%10c9ccc87)c6)ncnc5c4c3)cc2)cc1. The van der Waals surface area contributed by atoms with Crippen LogP contribution >= 0.6 is 11.3 Å². The van der Waals surface area contributed by atoms with E-state index >= 15 is 0 Å². The lowest BCUT2D eigenvalue weighted by molar-refractivity contribution is 0.667. The zero-order valence-electron chi connectivity index (χ0n) is 27.2. The molecule has 0 aliphatic rings. The van der Waals surface area contributed by atoms with E-state index in [-0.39, 0.29) is 0 Å². The van der Waals surface area contributed by atoms with Crippen molar-refractivity contribution in [2.24, 2.45) is 0 Å². The molecule has 0 unspecified atom stereocenters. The van der Waals surface area contributed by atoms with Crippen molar-refractivity contribution in [3.8, 4) is 39.2 Å². The third-order valence-corrected chi connectivity index (χ3v) is 11.3. The molecule has 4 nitrogen and oxygen atoms in total. The molecular formula is C46H27N3OS. The van der Waals surface area contributed by atoms with Gasteiger partial charge in [-0.25, -0.2) is 9.97 Å². The first-order chi connectivity index (χ1) is 25.3. The monoisotopic (exact) mass is 669 g/mol. The molecule has 0 N–H and O–H groups in total. The summed E-state index contributed by atoms with van der Waals surface area (Å²) in [5.74, 6) is 0. The summed E-state index contributed by atoms with van der Waals surface area (Å²) in [6.45, 7) is 0. The fourth-order valence-corrected chi connectivity index (χ4v) is 9.01. The molecule has 238 valence electrons. The Morgan fingerprint density at radius 2 is 1.22 bits per heavy atom. The standard InChI is InChI=1S/C46H27N3OS/c1-2-9-28(10-3-1)29-17-19-30(20-18-29)31-21-24-40-37(26-31)44-45(50-40)43(47-27-48-44)32-11-8-12-33(25-32)49-38-15-6-4-14-36(38)42-39(49)23-22-35-34-13-5-7-16-41(34)51-46(35)42/h1-27H. The molecule has 0 spiro atoms.